The highest BCUT2D eigenvalue weighted by molar-refractivity contribution is 6.28. The molecule has 3 aromatic rings. The van der Waals surface area contributed by atoms with Gasteiger partial charge in [0.1, 0.15) is 0 Å². The van der Waals surface area contributed by atoms with E-state index in [9.17, 15) is 19.2 Å². The van der Waals surface area contributed by atoms with Crippen LogP contribution >= 0.6 is 0 Å². The number of hydrogen-bond donors (Lipinski definition) is 1. The molecule has 0 aliphatic carbocycles. The highest BCUT2D eigenvalue weighted by atomic mass is 16.5. The first-order chi connectivity index (χ1) is 14.5. The summed E-state index contributed by atoms with van der Waals surface area (Å²) >= 11 is 0. The maximum atomic E-state index is 12.3. The van der Waals surface area contributed by atoms with Crippen LogP contribution in [0.5, 0.6) is 0 Å². The molecule has 0 saturated heterocycles. The fraction of sp³-hybridized carbons (Fsp3) is 0.0435. The van der Waals surface area contributed by atoms with E-state index in [1.165, 1.54) is 24.3 Å². The number of imide groups is 1. The summed E-state index contributed by atoms with van der Waals surface area (Å²) in [6.07, 6.45) is 2.31. The van der Waals surface area contributed by atoms with E-state index in [2.05, 4.69) is 5.32 Å². The first kappa shape index (κ1) is 19.1. The summed E-state index contributed by atoms with van der Waals surface area (Å²) in [6.45, 7) is -0.473. The molecule has 1 heterocycles. The van der Waals surface area contributed by atoms with E-state index < -0.39 is 30.3 Å². The Balaban J connectivity index is 1.38. The largest absolute Gasteiger partial charge is 0.452 e. The summed E-state index contributed by atoms with van der Waals surface area (Å²) in [5.41, 5.74) is 0.971. The Morgan fingerprint density at radius 1 is 0.833 bits per heavy atom. The van der Waals surface area contributed by atoms with Gasteiger partial charge in [-0.15, -0.1) is 0 Å². The van der Waals surface area contributed by atoms with Crippen molar-refractivity contribution in [2.75, 3.05) is 16.8 Å². The third-order valence-corrected chi connectivity index (χ3v) is 4.52. The number of anilines is 2. The number of ether oxygens (including phenoxy) is 1. The number of fused-ring (bicyclic) bond motifs is 1. The first-order valence-electron chi connectivity index (χ1n) is 9.13. The van der Waals surface area contributed by atoms with Crippen LogP contribution in [-0.2, 0) is 19.1 Å². The van der Waals surface area contributed by atoms with E-state index in [1.807, 2.05) is 36.4 Å². The molecule has 0 saturated carbocycles. The molecule has 1 N–H and O–H groups in total. The SMILES string of the molecule is O=C(COC(=O)c1cccc(N2C(=O)C=CC2=O)c1)Nc1ccc2ccccc2c1. The molecule has 3 aromatic carbocycles. The highest BCUT2D eigenvalue weighted by Crippen LogP contribution is 2.21. The molecule has 7 heteroatoms. The molecular weight excluding hydrogens is 384 g/mol. The van der Waals surface area contributed by atoms with Gasteiger partial charge in [0.05, 0.1) is 11.3 Å². The van der Waals surface area contributed by atoms with Gasteiger partial charge in [-0.2, -0.15) is 0 Å². The van der Waals surface area contributed by atoms with Crippen molar-refractivity contribution >= 4 is 45.8 Å². The third kappa shape index (κ3) is 3.95. The molecule has 1 aliphatic rings. The van der Waals surface area contributed by atoms with E-state index in [-0.39, 0.29) is 11.3 Å². The van der Waals surface area contributed by atoms with E-state index in [0.29, 0.717) is 5.69 Å². The van der Waals surface area contributed by atoms with Crippen molar-refractivity contribution in [1.82, 2.24) is 0 Å². The molecule has 148 valence electrons. The van der Waals surface area contributed by atoms with Gasteiger partial charge >= 0.3 is 5.97 Å². The lowest BCUT2D eigenvalue weighted by molar-refractivity contribution is -0.120. The lowest BCUT2D eigenvalue weighted by atomic mass is 10.1. The second-order valence-corrected chi connectivity index (χ2v) is 6.58. The fourth-order valence-electron chi connectivity index (χ4n) is 3.11. The van der Waals surface area contributed by atoms with E-state index in [4.69, 9.17) is 4.74 Å². The van der Waals surface area contributed by atoms with Crippen molar-refractivity contribution in [3.63, 3.8) is 0 Å². The van der Waals surface area contributed by atoms with Crippen LogP contribution in [0.3, 0.4) is 0 Å². The number of rotatable bonds is 5. The summed E-state index contributed by atoms with van der Waals surface area (Å²) in [5.74, 6) is -2.19. The molecule has 0 spiro atoms. The maximum absolute atomic E-state index is 12.3. The van der Waals surface area contributed by atoms with Crippen LogP contribution in [0.25, 0.3) is 10.8 Å². The minimum atomic E-state index is -0.738. The predicted octanol–water partition coefficient (Wildman–Crippen LogP) is 3.06. The Labute approximate surface area is 171 Å². The molecular formula is C23H16N2O5. The van der Waals surface area contributed by atoms with Crippen LogP contribution in [0.15, 0.2) is 78.9 Å². The topological polar surface area (TPSA) is 92.8 Å². The van der Waals surface area contributed by atoms with Crippen LogP contribution in [-0.4, -0.2) is 30.3 Å². The summed E-state index contributed by atoms with van der Waals surface area (Å²) in [6, 6.07) is 19.1. The van der Waals surface area contributed by atoms with Crippen molar-refractivity contribution in [3.8, 4) is 0 Å². The van der Waals surface area contributed by atoms with Crippen LogP contribution in [0.1, 0.15) is 10.4 Å². The Morgan fingerprint density at radius 3 is 2.33 bits per heavy atom. The number of nitrogens with one attached hydrogen (secondary N) is 1. The van der Waals surface area contributed by atoms with Crippen molar-refractivity contribution in [1.29, 1.82) is 0 Å². The summed E-state index contributed by atoms with van der Waals surface area (Å²) < 4.78 is 5.07. The summed E-state index contributed by atoms with van der Waals surface area (Å²) in [4.78, 5) is 49.0. The maximum Gasteiger partial charge on any atom is 0.338 e. The zero-order valence-corrected chi connectivity index (χ0v) is 15.7. The van der Waals surface area contributed by atoms with Gasteiger partial charge < -0.3 is 10.1 Å². The van der Waals surface area contributed by atoms with E-state index in [1.54, 1.807) is 6.07 Å². The highest BCUT2D eigenvalue weighted by Gasteiger charge is 2.25. The Bertz CT molecular complexity index is 1200. The first-order valence-corrected chi connectivity index (χ1v) is 9.13. The van der Waals surface area contributed by atoms with Gasteiger partial charge in [-0.05, 0) is 41.1 Å². The zero-order valence-electron chi connectivity index (χ0n) is 15.7. The van der Waals surface area contributed by atoms with Crippen LogP contribution in [0.2, 0.25) is 0 Å². The fourth-order valence-corrected chi connectivity index (χ4v) is 3.11. The molecule has 0 bridgehead atoms. The van der Waals surface area contributed by atoms with Gasteiger partial charge in [0.25, 0.3) is 17.7 Å². The Hall–Kier alpha value is -4.26. The predicted molar refractivity (Wildman–Crippen MR) is 111 cm³/mol. The molecule has 7 nitrogen and oxygen atoms in total. The number of nitrogens with zero attached hydrogens (tertiary/aromatic N) is 1. The second-order valence-electron chi connectivity index (χ2n) is 6.58. The molecule has 0 radical (unpaired) electrons. The van der Waals surface area contributed by atoms with E-state index >= 15 is 0 Å². The number of carbonyl (C=O) groups excluding carboxylic acids is 4. The minimum Gasteiger partial charge on any atom is -0.452 e. The zero-order chi connectivity index (χ0) is 21.1. The number of hydrogen-bond acceptors (Lipinski definition) is 5. The van der Waals surface area contributed by atoms with Gasteiger partial charge in [0, 0.05) is 17.8 Å². The molecule has 1 aliphatic heterocycles. The smallest absolute Gasteiger partial charge is 0.338 e. The monoisotopic (exact) mass is 400 g/mol. The van der Waals surface area contributed by atoms with Gasteiger partial charge in [0.2, 0.25) is 0 Å². The third-order valence-electron chi connectivity index (χ3n) is 4.52. The van der Waals surface area contributed by atoms with Crippen molar-refractivity contribution in [3.05, 3.63) is 84.4 Å². The van der Waals surface area contributed by atoms with Crippen molar-refractivity contribution in [2.24, 2.45) is 0 Å². The quantitative estimate of drug-likeness (QED) is 0.525. The van der Waals surface area contributed by atoms with Crippen LogP contribution in [0, 0.1) is 0 Å². The van der Waals surface area contributed by atoms with Gasteiger partial charge in [-0.3, -0.25) is 14.4 Å². The lowest BCUT2D eigenvalue weighted by Gasteiger charge is -2.14. The number of carbonyl (C=O) groups is 4. The lowest BCUT2D eigenvalue weighted by Crippen LogP contribution is -2.29. The summed E-state index contributed by atoms with van der Waals surface area (Å²) in [7, 11) is 0. The molecule has 0 aromatic heterocycles. The number of esters is 1. The van der Waals surface area contributed by atoms with Gasteiger partial charge in [0.15, 0.2) is 6.61 Å². The Kier molecular flexibility index (Phi) is 5.09. The van der Waals surface area contributed by atoms with E-state index in [0.717, 1.165) is 27.8 Å². The molecule has 30 heavy (non-hydrogen) atoms. The minimum absolute atomic E-state index is 0.124. The summed E-state index contributed by atoms with van der Waals surface area (Å²) in [5, 5.41) is 4.71. The van der Waals surface area contributed by atoms with Crippen LogP contribution < -0.4 is 10.2 Å². The number of amides is 3. The second kappa shape index (κ2) is 8.00. The van der Waals surface area contributed by atoms with Crippen molar-refractivity contribution in [2.45, 2.75) is 0 Å². The molecule has 4 rings (SSSR count). The Morgan fingerprint density at radius 2 is 1.57 bits per heavy atom. The van der Waals surface area contributed by atoms with Gasteiger partial charge in [-0.1, -0.05) is 36.4 Å². The van der Waals surface area contributed by atoms with Gasteiger partial charge in [-0.25, -0.2) is 9.69 Å². The molecule has 0 fully saturated rings. The standard InChI is InChI=1S/C23H16N2O5/c26-20(24-18-9-8-15-4-1-2-5-16(15)12-18)14-30-23(29)17-6-3-7-19(13-17)25-21(27)10-11-22(25)28/h1-13H,14H2,(H,24,26). The number of benzene rings is 3. The average molecular weight is 400 g/mol. The average Bonchev–Trinajstić information content (AvgIpc) is 3.10. The normalized spacial score (nSPS) is 13.0. The molecule has 3 amide bonds. The van der Waals surface area contributed by atoms with Crippen molar-refractivity contribution < 1.29 is 23.9 Å². The molecule has 0 atom stereocenters. The molecule has 0 unspecified atom stereocenters. The van der Waals surface area contributed by atoms with Crippen LogP contribution in [0.4, 0.5) is 11.4 Å².